The number of pyridine rings is 1. The van der Waals surface area contributed by atoms with E-state index in [-0.39, 0.29) is 46.3 Å². The lowest BCUT2D eigenvalue weighted by molar-refractivity contribution is 0.0575. The molecule has 2 saturated heterocycles. The van der Waals surface area contributed by atoms with E-state index in [1.165, 1.54) is 13.3 Å². The van der Waals surface area contributed by atoms with Gasteiger partial charge in [0, 0.05) is 37.4 Å². The number of aromatic nitrogens is 1. The van der Waals surface area contributed by atoms with Gasteiger partial charge in [0.25, 0.3) is 5.91 Å². The number of likely N-dealkylation sites (tertiary alicyclic amines) is 1. The highest BCUT2D eigenvalue weighted by Gasteiger charge is 2.43. The largest absolute Gasteiger partial charge is 0.497 e. The van der Waals surface area contributed by atoms with E-state index in [4.69, 9.17) is 9.47 Å². The molecule has 1 N–H and O–H groups in total. The van der Waals surface area contributed by atoms with Crippen LogP contribution < -0.4 is 19.8 Å². The number of aromatic carboxylic acids is 1. The van der Waals surface area contributed by atoms with Gasteiger partial charge in [0.15, 0.2) is 11.6 Å². The summed E-state index contributed by atoms with van der Waals surface area (Å²) in [5.74, 6) is -1.01. The summed E-state index contributed by atoms with van der Waals surface area (Å²) >= 11 is 0. The van der Waals surface area contributed by atoms with Crippen molar-refractivity contribution in [3.05, 3.63) is 63.7 Å². The zero-order valence-electron chi connectivity index (χ0n) is 21.9. The number of nitrogens with zero attached hydrogens (tertiary/aromatic N) is 3. The monoisotopic (exact) mass is 535 g/mol. The van der Waals surface area contributed by atoms with Crippen molar-refractivity contribution in [2.24, 2.45) is 5.92 Å². The van der Waals surface area contributed by atoms with E-state index in [0.29, 0.717) is 36.5 Å². The molecule has 2 aromatic carbocycles. The Morgan fingerprint density at radius 2 is 1.79 bits per heavy atom. The molecule has 1 aromatic heterocycles. The highest BCUT2D eigenvalue weighted by Crippen LogP contribution is 2.45. The molecule has 9 nitrogen and oxygen atoms in total. The Morgan fingerprint density at radius 1 is 1.05 bits per heavy atom. The van der Waals surface area contributed by atoms with Crippen LogP contribution in [0.1, 0.15) is 52.4 Å². The Bertz CT molecular complexity index is 1530. The SMILES string of the molecule is COc1ccc(C(=O)N2CCC[C@@H]3CN(c4c(F)cc5c(=O)c(C(=O)O)cn(C6CC6)c5c4OC)C[C@@H]32)cc1. The van der Waals surface area contributed by atoms with Crippen molar-refractivity contribution in [3.63, 3.8) is 0 Å². The molecule has 1 saturated carbocycles. The quantitative estimate of drug-likeness (QED) is 0.510. The zero-order chi connectivity index (χ0) is 27.4. The van der Waals surface area contributed by atoms with Gasteiger partial charge in [-0.05, 0) is 61.9 Å². The number of carboxylic acid groups (broad SMARTS) is 1. The summed E-state index contributed by atoms with van der Waals surface area (Å²) in [7, 11) is 3.02. The Balaban J connectivity index is 1.40. The van der Waals surface area contributed by atoms with E-state index in [2.05, 4.69) is 0 Å². The Morgan fingerprint density at radius 3 is 2.44 bits per heavy atom. The molecule has 3 aromatic rings. The van der Waals surface area contributed by atoms with Crippen LogP contribution in [0.15, 0.2) is 41.3 Å². The molecular formula is C29H30FN3O6. The molecule has 0 bridgehead atoms. The van der Waals surface area contributed by atoms with Crippen molar-refractivity contribution < 1.29 is 28.6 Å². The highest BCUT2D eigenvalue weighted by atomic mass is 19.1. The standard InChI is InChI=1S/C29H30FN3O6/c1-38-19-9-5-16(6-10-19)28(35)32-11-3-4-17-13-31(15-23(17)32)25-22(30)12-20-24(27(25)39-2)33(18-7-8-18)14-21(26(20)34)29(36)37/h5-6,9-10,12,14,17-18,23H,3-4,7-8,11,13,15H2,1-2H3,(H,36,37)/t17-,23+/m1/s1. The molecule has 6 rings (SSSR count). The number of benzene rings is 2. The summed E-state index contributed by atoms with van der Waals surface area (Å²) in [4.78, 5) is 42.1. The molecule has 2 aliphatic heterocycles. The van der Waals surface area contributed by atoms with Gasteiger partial charge in [0.1, 0.15) is 17.0 Å². The number of piperidine rings is 1. The fourth-order valence-electron chi connectivity index (χ4n) is 6.24. The van der Waals surface area contributed by atoms with E-state index < -0.39 is 17.2 Å². The van der Waals surface area contributed by atoms with Crippen molar-refractivity contribution >= 4 is 28.5 Å². The highest BCUT2D eigenvalue weighted by molar-refractivity contribution is 5.97. The summed E-state index contributed by atoms with van der Waals surface area (Å²) < 4.78 is 28.6. The number of fused-ring (bicyclic) bond motifs is 2. The summed E-state index contributed by atoms with van der Waals surface area (Å²) in [6, 6.07) is 8.10. The minimum atomic E-state index is -1.34. The molecule has 10 heteroatoms. The first kappa shape index (κ1) is 25.2. The van der Waals surface area contributed by atoms with E-state index in [1.54, 1.807) is 35.9 Å². The number of anilines is 1. The van der Waals surface area contributed by atoms with Gasteiger partial charge in [-0.2, -0.15) is 0 Å². The summed E-state index contributed by atoms with van der Waals surface area (Å²) in [6.07, 6.45) is 4.80. The number of amides is 1. The van der Waals surface area contributed by atoms with Gasteiger partial charge in [-0.3, -0.25) is 9.59 Å². The predicted octanol–water partition coefficient (Wildman–Crippen LogP) is 3.93. The van der Waals surface area contributed by atoms with Gasteiger partial charge in [-0.1, -0.05) is 0 Å². The lowest BCUT2D eigenvalue weighted by Gasteiger charge is -2.37. The molecule has 204 valence electrons. The van der Waals surface area contributed by atoms with Gasteiger partial charge >= 0.3 is 5.97 Å². The van der Waals surface area contributed by atoms with E-state index in [9.17, 15) is 19.5 Å². The third kappa shape index (κ3) is 4.18. The third-order valence-electron chi connectivity index (χ3n) is 8.27. The van der Waals surface area contributed by atoms with Crippen molar-refractivity contribution in [3.8, 4) is 11.5 Å². The Hall–Kier alpha value is -4.08. The Labute approximate surface area is 224 Å². The number of hydrogen-bond donors (Lipinski definition) is 1. The maximum atomic E-state index is 15.8. The van der Waals surface area contributed by atoms with Crippen LogP contribution in [0.3, 0.4) is 0 Å². The number of rotatable bonds is 6. The number of methoxy groups -OCH3 is 2. The lowest BCUT2D eigenvalue weighted by atomic mass is 9.91. The van der Waals surface area contributed by atoms with Crippen molar-refractivity contribution in [1.82, 2.24) is 9.47 Å². The van der Waals surface area contributed by atoms with E-state index in [1.807, 2.05) is 9.80 Å². The van der Waals surface area contributed by atoms with Crippen LogP contribution in [-0.4, -0.2) is 66.3 Å². The number of halogens is 1. The second kappa shape index (κ2) is 9.59. The molecule has 3 heterocycles. The van der Waals surface area contributed by atoms with Gasteiger partial charge in [0.05, 0.1) is 31.2 Å². The van der Waals surface area contributed by atoms with Crippen molar-refractivity contribution in [2.45, 2.75) is 37.8 Å². The van der Waals surface area contributed by atoms with E-state index in [0.717, 1.165) is 31.7 Å². The van der Waals surface area contributed by atoms with Crippen molar-refractivity contribution in [2.75, 3.05) is 38.8 Å². The maximum absolute atomic E-state index is 15.8. The number of ether oxygens (including phenoxy) is 2. The molecule has 39 heavy (non-hydrogen) atoms. The van der Waals surface area contributed by atoms with Crippen molar-refractivity contribution in [1.29, 1.82) is 0 Å². The molecule has 0 radical (unpaired) electrons. The van der Waals surface area contributed by atoms with Gasteiger partial charge in [0.2, 0.25) is 5.43 Å². The lowest BCUT2D eigenvalue weighted by Crippen LogP contribution is -2.48. The number of carboxylic acids is 1. The molecule has 3 aliphatic rings. The summed E-state index contributed by atoms with van der Waals surface area (Å²) in [6.45, 7) is 1.58. The number of carbonyl (C=O) groups is 2. The first-order valence-electron chi connectivity index (χ1n) is 13.2. The summed E-state index contributed by atoms with van der Waals surface area (Å²) in [5, 5.41) is 9.58. The first-order chi connectivity index (χ1) is 18.8. The van der Waals surface area contributed by atoms with E-state index >= 15 is 4.39 Å². The third-order valence-corrected chi connectivity index (χ3v) is 8.27. The fraction of sp³-hybridized carbons (Fsp3) is 0.414. The average Bonchev–Trinajstić information content (AvgIpc) is 3.69. The summed E-state index contributed by atoms with van der Waals surface area (Å²) in [5.41, 5.74) is 0.112. The van der Waals surface area contributed by atoms with Crippen LogP contribution in [-0.2, 0) is 0 Å². The maximum Gasteiger partial charge on any atom is 0.341 e. The Kier molecular flexibility index (Phi) is 6.20. The topological polar surface area (TPSA) is 101 Å². The van der Waals surface area contributed by atoms with Crippen LogP contribution in [0.4, 0.5) is 10.1 Å². The first-order valence-corrected chi connectivity index (χ1v) is 13.2. The molecule has 3 fully saturated rings. The predicted molar refractivity (Wildman–Crippen MR) is 143 cm³/mol. The van der Waals surface area contributed by atoms with Crippen LogP contribution in [0.2, 0.25) is 0 Å². The molecule has 0 unspecified atom stereocenters. The molecule has 1 amide bonds. The second-order valence-electron chi connectivity index (χ2n) is 10.6. The number of hydrogen-bond acceptors (Lipinski definition) is 6. The molecule has 2 atom stereocenters. The van der Waals surface area contributed by atoms with Crippen LogP contribution >= 0.6 is 0 Å². The number of carbonyl (C=O) groups excluding carboxylic acids is 1. The molecular weight excluding hydrogens is 505 g/mol. The minimum absolute atomic E-state index is 0.00665. The average molecular weight is 536 g/mol. The van der Waals surface area contributed by atoms with Gasteiger partial charge < -0.3 is 28.9 Å². The normalized spacial score (nSPS) is 20.7. The molecule has 0 spiro atoms. The van der Waals surface area contributed by atoms with Crippen LogP contribution in [0.25, 0.3) is 10.9 Å². The second-order valence-corrected chi connectivity index (χ2v) is 10.6. The fourth-order valence-corrected chi connectivity index (χ4v) is 6.24. The zero-order valence-corrected chi connectivity index (χ0v) is 21.9. The van der Waals surface area contributed by atoms with Gasteiger partial charge in [-0.15, -0.1) is 0 Å². The van der Waals surface area contributed by atoms with Gasteiger partial charge in [-0.25, -0.2) is 9.18 Å². The smallest absolute Gasteiger partial charge is 0.341 e. The molecule has 1 aliphatic carbocycles. The van der Waals surface area contributed by atoms with Crippen LogP contribution in [0.5, 0.6) is 11.5 Å². The van der Waals surface area contributed by atoms with Crippen LogP contribution in [0, 0.1) is 11.7 Å². The minimum Gasteiger partial charge on any atom is -0.497 e.